The number of rotatable bonds is 9. The third kappa shape index (κ3) is 8.28. The van der Waals surface area contributed by atoms with Crippen LogP contribution in [-0.2, 0) is 25.5 Å². The highest BCUT2D eigenvalue weighted by molar-refractivity contribution is 9.10. The van der Waals surface area contributed by atoms with Crippen LogP contribution in [0.4, 0.5) is 13.6 Å². The number of piperidine rings is 1. The number of alkyl carbamates (subject to hydrolysis) is 1. The van der Waals surface area contributed by atoms with Gasteiger partial charge in [0.25, 0.3) is 5.92 Å². The zero-order valence-corrected chi connectivity index (χ0v) is 30.0. The second-order valence-corrected chi connectivity index (χ2v) is 16.4. The second kappa shape index (κ2) is 14.3. The molecule has 1 aliphatic heterocycles. The Bertz CT molecular complexity index is 1740. The lowest BCUT2D eigenvalue weighted by Crippen LogP contribution is -2.58. The summed E-state index contributed by atoms with van der Waals surface area (Å²) < 4.78 is 73.5. The monoisotopic (exact) mass is 749 g/mol. The number of carbonyl (C=O) groups is 2. The summed E-state index contributed by atoms with van der Waals surface area (Å²) in [5.74, 6) is -4.24. The number of nitrogens with zero attached hydrogens (tertiary/aromatic N) is 2. The molecule has 1 unspecified atom stereocenters. The quantitative estimate of drug-likeness (QED) is 0.248. The molecule has 0 radical (unpaired) electrons. The van der Waals surface area contributed by atoms with E-state index in [0.29, 0.717) is 19.9 Å². The number of benzene rings is 3. The number of fused-ring (bicyclic) bond motifs is 1. The van der Waals surface area contributed by atoms with E-state index in [0.717, 1.165) is 38.1 Å². The predicted octanol–water partition coefficient (Wildman–Crippen LogP) is 7.22. The molecule has 0 spiro atoms. The maximum absolute atomic E-state index is 16.5. The van der Waals surface area contributed by atoms with Gasteiger partial charge in [0, 0.05) is 36.2 Å². The van der Waals surface area contributed by atoms with Crippen LogP contribution >= 0.6 is 15.9 Å². The number of hydrogen-bond donors (Lipinski definition) is 1. The molecular weight excluding hydrogens is 708 g/mol. The first kappa shape index (κ1) is 36.0. The Morgan fingerprint density at radius 3 is 2.17 bits per heavy atom. The van der Waals surface area contributed by atoms with Gasteiger partial charge in [-0.1, -0.05) is 40.2 Å². The summed E-state index contributed by atoms with van der Waals surface area (Å²) in [4.78, 5) is 27.3. The van der Waals surface area contributed by atoms with Gasteiger partial charge in [-0.15, -0.1) is 0 Å². The molecule has 1 saturated heterocycles. The SMILES string of the molecule is CN(C(C(=O)N1CCC(NC(=O)OC(C)(C)C)CC1)C(F)(F)c1ccc(Br)cc1)S(=O)(=O)c1ccc2cc(OC3CCCC3)ccc2c1. The van der Waals surface area contributed by atoms with E-state index in [2.05, 4.69) is 21.2 Å². The van der Waals surface area contributed by atoms with E-state index in [9.17, 15) is 18.0 Å². The highest BCUT2D eigenvalue weighted by atomic mass is 79.9. The Morgan fingerprint density at radius 2 is 1.54 bits per heavy atom. The Kier molecular flexibility index (Phi) is 10.7. The van der Waals surface area contributed by atoms with E-state index in [4.69, 9.17) is 9.47 Å². The van der Waals surface area contributed by atoms with Crippen LogP contribution in [0.15, 0.2) is 70.0 Å². The van der Waals surface area contributed by atoms with Crippen molar-refractivity contribution < 1.29 is 36.3 Å². The van der Waals surface area contributed by atoms with E-state index < -0.39 is 45.2 Å². The number of likely N-dealkylation sites (tertiary alicyclic amines) is 1. The number of amides is 2. The van der Waals surface area contributed by atoms with Crippen molar-refractivity contribution in [3.05, 3.63) is 70.7 Å². The third-order valence-corrected chi connectivity index (χ3v) is 11.1. The molecule has 3 aromatic carbocycles. The zero-order chi connectivity index (χ0) is 34.9. The van der Waals surface area contributed by atoms with Crippen molar-refractivity contribution in [3.63, 3.8) is 0 Å². The van der Waals surface area contributed by atoms with Crippen LogP contribution in [-0.4, -0.2) is 73.5 Å². The lowest BCUT2D eigenvalue weighted by atomic mass is 9.98. The average Bonchev–Trinajstić information content (AvgIpc) is 3.53. The lowest BCUT2D eigenvalue weighted by Gasteiger charge is -2.39. The summed E-state index contributed by atoms with van der Waals surface area (Å²) in [5.41, 5.74) is -1.19. The summed E-state index contributed by atoms with van der Waals surface area (Å²) in [6, 6.07) is 12.2. The molecule has 1 atom stereocenters. The summed E-state index contributed by atoms with van der Waals surface area (Å²) in [7, 11) is -3.58. The number of nitrogens with one attached hydrogen (secondary N) is 1. The molecular formula is C35H42BrF2N3O6S. The molecule has 0 bridgehead atoms. The van der Waals surface area contributed by atoms with Crippen LogP contribution in [0.2, 0.25) is 0 Å². The van der Waals surface area contributed by atoms with Crippen molar-refractivity contribution in [2.45, 2.75) is 93.9 Å². The molecule has 3 aromatic rings. The predicted molar refractivity (Wildman–Crippen MR) is 183 cm³/mol. The van der Waals surface area contributed by atoms with Crippen LogP contribution in [0, 0.1) is 0 Å². The number of hydrogen-bond acceptors (Lipinski definition) is 6. The highest BCUT2D eigenvalue weighted by Crippen LogP contribution is 2.39. The standard InChI is InChI=1S/C35H42BrF2N3O6S/c1-34(2,3)47-33(43)39-27-17-19-41(20-18-27)32(42)31(35(37,38)25-11-13-26(36)14-12-25)40(4)48(44,45)30-16-10-23-21-29(15-9-24(23)22-30)46-28-7-5-6-8-28/h9-16,21-22,27-28,31H,5-8,17-20H2,1-4H3,(H,39,43). The van der Waals surface area contributed by atoms with Crippen molar-refractivity contribution in [3.8, 4) is 5.75 Å². The van der Waals surface area contributed by atoms with E-state index in [1.54, 1.807) is 39.0 Å². The summed E-state index contributed by atoms with van der Waals surface area (Å²) >= 11 is 3.24. The fraction of sp³-hybridized carbons (Fsp3) is 0.486. The van der Waals surface area contributed by atoms with Gasteiger partial charge in [-0.3, -0.25) is 4.79 Å². The lowest BCUT2D eigenvalue weighted by molar-refractivity contribution is -0.151. The minimum absolute atomic E-state index is 0.0430. The zero-order valence-electron chi connectivity index (χ0n) is 27.5. The molecule has 1 saturated carbocycles. The number of alkyl halides is 2. The van der Waals surface area contributed by atoms with Gasteiger partial charge in [-0.2, -0.15) is 13.1 Å². The van der Waals surface area contributed by atoms with Crippen molar-refractivity contribution in [1.82, 2.24) is 14.5 Å². The van der Waals surface area contributed by atoms with Gasteiger partial charge in [-0.05, 0) is 106 Å². The minimum Gasteiger partial charge on any atom is -0.490 e. The third-order valence-electron chi connectivity index (χ3n) is 8.76. The van der Waals surface area contributed by atoms with Gasteiger partial charge in [0.15, 0.2) is 6.04 Å². The smallest absolute Gasteiger partial charge is 0.407 e. The van der Waals surface area contributed by atoms with Crippen LogP contribution in [0.25, 0.3) is 10.8 Å². The number of carbonyl (C=O) groups excluding carboxylic acids is 2. The molecule has 0 aromatic heterocycles. The van der Waals surface area contributed by atoms with Crippen molar-refractivity contribution in [2.75, 3.05) is 20.1 Å². The first-order chi connectivity index (χ1) is 22.5. The molecule has 2 fully saturated rings. The van der Waals surface area contributed by atoms with Crippen molar-refractivity contribution in [2.24, 2.45) is 0 Å². The first-order valence-corrected chi connectivity index (χ1v) is 18.4. The molecule has 1 N–H and O–H groups in total. The average molecular weight is 751 g/mol. The van der Waals surface area contributed by atoms with Crippen LogP contribution < -0.4 is 10.1 Å². The summed E-state index contributed by atoms with van der Waals surface area (Å²) in [5, 5.41) is 4.09. The fourth-order valence-electron chi connectivity index (χ4n) is 6.20. The molecule has 2 aliphatic rings. The largest absolute Gasteiger partial charge is 0.490 e. The Labute approximate surface area is 289 Å². The fourth-order valence-corrected chi connectivity index (χ4v) is 7.81. The topological polar surface area (TPSA) is 105 Å². The van der Waals surface area contributed by atoms with Crippen LogP contribution in [0.5, 0.6) is 5.75 Å². The van der Waals surface area contributed by atoms with E-state index in [1.165, 1.54) is 41.3 Å². The summed E-state index contributed by atoms with van der Waals surface area (Å²) in [6.07, 6.45) is 4.36. The molecule has 1 aliphatic carbocycles. The van der Waals surface area contributed by atoms with Gasteiger partial charge in [-0.25, -0.2) is 13.2 Å². The molecule has 1 heterocycles. The van der Waals surface area contributed by atoms with E-state index in [1.807, 2.05) is 6.07 Å². The highest BCUT2D eigenvalue weighted by Gasteiger charge is 2.53. The number of ether oxygens (including phenoxy) is 2. The van der Waals surface area contributed by atoms with Gasteiger partial charge in [0.2, 0.25) is 15.9 Å². The molecule has 2 amide bonds. The number of likely N-dealkylation sites (N-methyl/N-ethyl adjacent to an activating group) is 1. The number of halogens is 3. The van der Waals surface area contributed by atoms with Gasteiger partial charge < -0.3 is 19.7 Å². The Morgan fingerprint density at radius 1 is 0.938 bits per heavy atom. The van der Waals surface area contributed by atoms with Crippen molar-refractivity contribution in [1.29, 1.82) is 0 Å². The van der Waals surface area contributed by atoms with Gasteiger partial charge in [0.1, 0.15) is 11.4 Å². The molecule has 48 heavy (non-hydrogen) atoms. The maximum Gasteiger partial charge on any atom is 0.407 e. The molecule has 260 valence electrons. The van der Waals surface area contributed by atoms with Gasteiger partial charge >= 0.3 is 6.09 Å². The molecule has 9 nitrogen and oxygen atoms in total. The minimum atomic E-state index is -4.59. The van der Waals surface area contributed by atoms with Crippen LogP contribution in [0.3, 0.4) is 0 Å². The Hall–Kier alpha value is -3.29. The normalized spacial score (nSPS) is 17.5. The first-order valence-electron chi connectivity index (χ1n) is 16.2. The Balaban J connectivity index is 1.40. The summed E-state index contributed by atoms with van der Waals surface area (Å²) in [6.45, 7) is 5.31. The van der Waals surface area contributed by atoms with E-state index >= 15 is 8.78 Å². The van der Waals surface area contributed by atoms with E-state index in [-0.39, 0.29) is 43.0 Å². The second-order valence-electron chi connectivity index (χ2n) is 13.5. The van der Waals surface area contributed by atoms with Gasteiger partial charge in [0.05, 0.1) is 11.0 Å². The van der Waals surface area contributed by atoms with Crippen molar-refractivity contribution >= 4 is 48.7 Å². The van der Waals surface area contributed by atoms with Crippen LogP contribution in [0.1, 0.15) is 64.9 Å². The maximum atomic E-state index is 16.5. The number of sulfonamides is 1. The molecule has 5 rings (SSSR count). The molecule has 13 heteroatoms.